The number of nitrogens with two attached hydrogens (primary N) is 1. The third-order valence-electron chi connectivity index (χ3n) is 7.54. The Hall–Kier alpha value is -4.48. The van der Waals surface area contributed by atoms with E-state index in [-0.39, 0.29) is 45.7 Å². The maximum Gasteiger partial charge on any atom is 0.339 e. The number of nitro benzene ring substituents is 1. The van der Waals surface area contributed by atoms with Gasteiger partial charge >= 0.3 is 11.9 Å². The number of halogens is 1. The third-order valence-corrected chi connectivity index (χ3v) is 7.54. The summed E-state index contributed by atoms with van der Waals surface area (Å²) in [5.41, 5.74) is 9.31. The number of hydrogen-bond acceptors (Lipinski definition) is 9. The standard InChI is InChI=1S/C33H34N4O6.BrH/c1-20(2)42-32(38)27-21(3)35-31(34)29(28(27)24-15-10-16-25(17-24)37(40)41)33(39)43-26-18-36(19-26)30(22-11-6-4-7-12-22)23-13-8-5-9-14-23;/h4-17,20,26,28,30,35H,18-19,34H2,1-3H3;1H/t28-;/m1./s1. The second kappa shape index (κ2) is 13.9. The normalized spacial score (nSPS) is 17.1. The van der Waals surface area contributed by atoms with Crippen molar-refractivity contribution < 1.29 is 24.0 Å². The molecular weight excluding hydrogens is 628 g/mol. The molecule has 1 atom stereocenters. The van der Waals surface area contributed by atoms with Gasteiger partial charge in [0.05, 0.1) is 34.1 Å². The van der Waals surface area contributed by atoms with Gasteiger partial charge < -0.3 is 20.5 Å². The minimum absolute atomic E-state index is 0. The van der Waals surface area contributed by atoms with Crippen LogP contribution in [-0.4, -0.2) is 47.1 Å². The highest BCUT2D eigenvalue weighted by atomic mass is 79.9. The molecule has 1 saturated heterocycles. The molecule has 0 bridgehead atoms. The van der Waals surface area contributed by atoms with Gasteiger partial charge in [-0.1, -0.05) is 72.8 Å². The molecule has 2 aliphatic rings. The lowest BCUT2D eigenvalue weighted by Crippen LogP contribution is -2.54. The highest BCUT2D eigenvalue weighted by Gasteiger charge is 2.42. The van der Waals surface area contributed by atoms with Gasteiger partial charge in [0, 0.05) is 30.9 Å². The summed E-state index contributed by atoms with van der Waals surface area (Å²) in [6.07, 6.45) is -0.855. The fourth-order valence-corrected chi connectivity index (χ4v) is 5.64. The summed E-state index contributed by atoms with van der Waals surface area (Å²) in [6, 6.07) is 26.0. The number of hydrogen-bond donors (Lipinski definition) is 2. The molecule has 0 aliphatic carbocycles. The second-order valence-corrected chi connectivity index (χ2v) is 10.9. The molecule has 5 rings (SSSR count). The van der Waals surface area contributed by atoms with Crippen LogP contribution in [0.3, 0.4) is 0 Å². The Balaban J connectivity index is 0.00000442. The molecule has 0 aromatic heterocycles. The zero-order valence-corrected chi connectivity index (χ0v) is 26.3. The largest absolute Gasteiger partial charge is 0.460 e. The van der Waals surface area contributed by atoms with Crippen molar-refractivity contribution in [3.05, 3.63) is 134 Å². The lowest BCUT2D eigenvalue weighted by Gasteiger charge is -2.44. The van der Waals surface area contributed by atoms with E-state index in [1.54, 1.807) is 26.8 Å². The maximum absolute atomic E-state index is 13.8. The minimum Gasteiger partial charge on any atom is -0.460 e. The average Bonchev–Trinajstić information content (AvgIpc) is 2.96. The number of nitro groups is 1. The van der Waals surface area contributed by atoms with Crippen molar-refractivity contribution >= 4 is 34.6 Å². The quantitative estimate of drug-likeness (QED) is 0.178. The first-order valence-electron chi connectivity index (χ1n) is 14.1. The lowest BCUT2D eigenvalue weighted by molar-refractivity contribution is -0.384. The first-order valence-corrected chi connectivity index (χ1v) is 14.1. The fraction of sp³-hybridized carbons (Fsp3) is 0.273. The van der Waals surface area contributed by atoms with Crippen LogP contribution in [0.4, 0.5) is 5.69 Å². The van der Waals surface area contributed by atoms with E-state index in [1.165, 1.54) is 18.2 Å². The van der Waals surface area contributed by atoms with Crippen LogP contribution in [0.2, 0.25) is 0 Å². The molecule has 11 heteroatoms. The summed E-state index contributed by atoms with van der Waals surface area (Å²) in [6.45, 7) is 6.05. The second-order valence-electron chi connectivity index (χ2n) is 10.9. The number of ether oxygens (including phenoxy) is 2. The van der Waals surface area contributed by atoms with Crippen molar-refractivity contribution in [2.45, 2.75) is 44.9 Å². The molecule has 0 unspecified atom stereocenters. The molecule has 3 aromatic carbocycles. The van der Waals surface area contributed by atoms with Gasteiger partial charge in [-0.2, -0.15) is 0 Å². The summed E-state index contributed by atoms with van der Waals surface area (Å²) in [7, 11) is 0. The molecule has 1 fully saturated rings. The van der Waals surface area contributed by atoms with Crippen molar-refractivity contribution in [2.75, 3.05) is 13.1 Å². The zero-order valence-electron chi connectivity index (χ0n) is 24.6. The predicted octanol–water partition coefficient (Wildman–Crippen LogP) is 5.27. The van der Waals surface area contributed by atoms with Gasteiger partial charge in [0.25, 0.3) is 5.69 Å². The lowest BCUT2D eigenvalue weighted by atomic mass is 9.81. The van der Waals surface area contributed by atoms with Gasteiger partial charge in [0.2, 0.25) is 0 Å². The summed E-state index contributed by atoms with van der Waals surface area (Å²) in [5, 5.41) is 14.5. The highest BCUT2D eigenvalue weighted by Crippen LogP contribution is 2.40. The number of allylic oxidation sites excluding steroid dienone is 1. The third kappa shape index (κ3) is 6.84. The molecule has 0 spiro atoms. The summed E-state index contributed by atoms with van der Waals surface area (Å²) in [4.78, 5) is 40.4. The summed E-state index contributed by atoms with van der Waals surface area (Å²) < 4.78 is 11.5. The Kier molecular flexibility index (Phi) is 10.2. The SMILES string of the molecule is Br.CC1=C(C(=O)OC(C)C)[C@@H](c2cccc([N+](=O)[O-])c2)C(C(=O)OC2CN(C(c3ccccc3)c3ccccc3)C2)=C(N)N1. The molecule has 2 heterocycles. The molecule has 0 radical (unpaired) electrons. The van der Waals surface area contributed by atoms with Crippen LogP contribution < -0.4 is 11.1 Å². The van der Waals surface area contributed by atoms with Gasteiger partial charge in [-0.15, -0.1) is 17.0 Å². The molecule has 44 heavy (non-hydrogen) atoms. The van der Waals surface area contributed by atoms with Gasteiger partial charge in [0.1, 0.15) is 11.9 Å². The van der Waals surface area contributed by atoms with Crippen molar-refractivity contribution in [2.24, 2.45) is 5.73 Å². The van der Waals surface area contributed by atoms with Crippen LogP contribution in [0.15, 0.2) is 108 Å². The number of carbonyl (C=O) groups excluding carboxylic acids is 2. The van der Waals surface area contributed by atoms with Gasteiger partial charge in [-0.3, -0.25) is 15.0 Å². The van der Waals surface area contributed by atoms with E-state index in [0.29, 0.717) is 24.4 Å². The molecule has 0 saturated carbocycles. The van der Waals surface area contributed by atoms with Crippen LogP contribution in [0.25, 0.3) is 0 Å². The number of rotatable bonds is 9. The van der Waals surface area contributed by atoms with E-state index in [1.807, 2.05) is 36.4 Å². The number of nitrogens with zero attached hydrogens (tertiary/aromatic N) is 2. The maximum atomic E-state index is 13.8. The molecule has 10 nitrogen and oxygen atoms in total. The van der Waals surface area contributed by atoms with E-state index in [2.05, 4.69) is 34.5 Å². The monoisotopic (exact) mass is 662 g/mol. The van der Waals surface area contributed by atoms with Crippen LogP contribution >= 0.6 is 17.0 Å². The highest BCUT2D eigenvalue weighted by molar-refractivity contribution is 8.93. The summed E-state index contributed by atoms with van der Waals surface area (Å²) >= 11 is 0. The van der Waals surface area contributed by atoms with E-state index in [9.17, 15) is 19.7 Å². The number of dihydropyridines is 1. The first-order chi connectivity index (χ1) is 20.6. The Morgan fingerprint density at radius 1 is 0.932 bits per heavy atom. The average molecular weight is 664 g/mol. The van der Waals surface area contributed by atoms with Crippen molar-refractivity contribution in [3.8, 4) is 0 Å². The number of benzene rings is 3. The Bertz CT molecular complexity index is 1550. The van der Waals surface area contributed by atoms with Crippen LogP contribution in [0.5, 0.6) is 0 Å². The fourth-order valence-electron chi connectivity index (χ4n) is 5.64. The number of nitrogens with one attached hydrogen (secondary N) is 1. The van der Waals surface area contributed by atoms with E-state index >= 15 is 0 Å². The minimum atomic E-state index is -1.03. The molecule has 2 aliphatic heterocycles. The van der Waals surface area contributed by atoms with Crippen LogP contribution in [0.1, 0.15) is 49.4 Å². The van der Waals surface area contributed by atoms with Crippen molar-refractivity contribution in [3.63, 3.8) is 0 Å². The van der Waals surface area contributed by atoms with Gasteiger partial charge in [-0.25, -0.2) is 9.59 Å². The molecule has 3 N–H and O–H groups in total. The van der Waals surface area contributed by atoms with Gasteiger partial charge in [-0.05, 0) is 37.5 Å². The Morgan fingerprint density at radius 2 is 1.52 bits per heavy atom. The first kappa shape index (κ1) is 32.4. The smallest absolute Gasteiger partial charge is 0.339 e. The van der Waals surface area contributed by atoms with Gasteiger partial charge in [0.15, 0.2) is 0 Å². The molecular formula is C33H35BrN4O6. The van der Waals surface area contributed by atoms with E-state index in [4.69, 9.17) is 15.2 Å². The predicted molar refractivity (Wildman–Crippen MR) is 171 cm³/mol. The number of carbonyl (C=O) groups is 2. The topological polar surface area (TPSA) is 137 Å². The van der Waals surface area contributed by atoms with Crippen LogP contribution in [0, 0.1) is 10.1 Å². The zero-order chi connectivity index (χ0) is 30.7. The number of likely N-dealkylation sites (tertiary alicyclic amines) is 1. The number of non-ortho nitro benzene ring substituents is 1. The van der Waals surface area contributed by atoms with E-state index < -0.39 is 35.0 Å². The van der Waals surface area contributed by atoms with Crippen molar-refractivity contribution in [1.29, 1.82) is 0 Å². The van der Waals surface area contributed by atoms with E-state index in [0.717, 1.165) is 11.1 Å². The number of esters is 2. The summed E-state index contributed by atoms with van der Waals surface area (Å²) in [5.74, 6) is -2.37. The Labute approximate surface area is 266 Å². The molecule has 0 amide bonds. The van der Waals surface area contributed by atoms with Crippen molar-refractivity contribution in [1.82, 2.24) is 10.2 Å². The van der Waals surface area contributed by atoms with Crippen LogP contribution in [-0.2, 0) is 19.1 Å². The molecule has 230 valence electrons. The Morgan fingerprint density at radius 3 is 2.07 bits per heavy atom. The molecule has 3 aromatic rings.